The van der Waals surface area contributed by atoms with Crippen molar-refractivity contribution in [2.24, 2.45) is 0 Å². The van der Waals surface area contributed by atoms with Crippen molar-refractivity contribution in [3.8, 4) is 5.88 Å². The van der Waals surface area contributed by atoms with Gasteiger partial charge in [0.15, 0.2) is 0 Å². The van der Waals surface area contributed by atoms with Crippen molar-refractivity contribution < 1.29 is 35.4 Å². The van der Waals surface area contributed by atoms with Gasteiger partial charge in [-0.2, -0.15) is 21.6 Å². The Bertz CT molecular complexity index is 973. The van der Waals surface area contributed by atoms with Gasteiger partial charge in [-0.3, -0.25) is 0 Å². The second kappa shape index (κ2) is 7.87. The summed E-state index contributed by atoms with van der Waals surface area (Å²) in [7, 11) is -5.84. The number of halogens is 3. The van der Waals surface area contributed by atoms with Crippen LogP contribution in [0.2, 0.25) is 0 Å². The van der Waals surface area contributed by atoms with E-state index in [1.807, 2.05) is 0 Å². The normalized spacial score (nSPS) is 16.5. The lowest BCUT2D eigenvalue weighted by Gasteiger charge is -2.18. The van der Waals surface area contributed by atoms with Gasteiger partial charge in [-0.1, -0.05) is 12.8 Å². The number of rotatable bonds is 4. The lowest BCUT2D eigenvalue weighted by atomic mass is 10.2. The predicted octanol–water partition coefficient (Wildman–Crippen LogP) is 2.81. The average Bonchev–Trinajstić information content (AvgIpc) is 2.88. The van der Waals surface area contributed by atoms with Crippen LogP contribution in [0.1, 0.15) is 36.0 Å². The molecule has 0 unspecified atom stereocenters. The summed E-state index contributed by atoms with van der Waals surface area (Å²) in [4.78, 5) is 25.1. The molecule has 0 amide bonds. The molecule has 0 bridgehead atoms. The maximum absolute atomic E-state index is 12.4. The van der Waals surface area contributed by atoms with Crippen molar-refractivity contribution in [2.75, 3.05) is 13.1 Å². The van der Waals surface area contributed by atoms with E-state index in [1.165, 1.54) is 18.2 Å². The third-order valence-electron chi connectivity index (χ3n) is 4.01. The van der Waals surface area contributed by atoms with Crippen molar-refractivity contribution in [3.05, 3.63) is 30.0 Å². The summed E-state index contributed by atoms with van der Waals surface area (Å²) in [5.74, 6) is -1.42. The summed E-state index contributed by atoms with van der Waals surface area (Å²) in [5, 5.41) is 1.60. The molecule has 0 radical (unpaired) electrons. The minimum Gasteiger partial charge on any atom is -0.364 e. The molecule has 12 heteroatoms. The van der Waals surface area contributed by atoms with Gasteiger partial charge in [0.1, 0.15) is 0 Å². The van der Waals surface area contributed by atoms with E-state index in [0.717, 1.165) is 31.9 Å². The summed E-state index contributed by atoms with van der Waals surface area (Å²) in [5.41, 5.74) is -5.17. The molecule has 152 valence electrons. The number of hydrogen-bond acceptors (Lipinski definition) is 8. The zero-order valence-electron chi connectivity index (χ0n) is 14.5. The van der Waals surface area contributed by atoms with E-state index >= 15 is 0 Å². The monoisotopic (exact) mass is 419 g/mol. The van der Waals surface area contributed by atoms with Crippen LogP contribution in [0.15, 0.2) is 24.4 Å². The Kier molecular flexibility index (Phi) is 5.70. The smallest absolute Gasteiger partial charge is 0.364 e. The summed E-state index contributed by atoms with van der Waals surface area (Å²) in [6, 6.07) is 4.03. The van der Waals surface area contributed by atoms with E-state index in [4.69, 9.17) is 4.84 Å². The first-order valence-electron chi connectivity index (χ1n) is 8.40. The fourth-order valence-electron chi connectivity index (χ4n) is 2.62. The van der Waals surface area contributed by atoms with Crippen molar-refractivity contribution in [3.63, 3.8) is 0 Å². The second-order valence-corrected chi connectivity index (χ2v) is 7.65. The number of hydroxylamine groups is 2. The van der Waals surface area contributed by atoms with Crippen LogP contribution in [0, 0.1) is 0 Å². The number of aromatic nitrogens is 2. The van der Waals surface area contributed by atoms with E-state index < -0.39 is 27.5 Å². The number of carbonyl (C=O) groups excluding carboxylic acids is 1. The second-order valence-electron chi connectivity index (χ2n) is 6.12. The molecular weight excluding hydrogens is 403 g/mol. The Morgan fingerprint density at radius 2 is 1.75 bits per heavy atom. The van der Waals surface area contributed by atoms with E-state index in [-0.39, 0.29) is 16.6 Å². The maximum atomic E-state index is 12.4. The van der Waals surface area contributed by atoms with Gasteiger partial charge >= 0.3 is 21.6 Å². The minimum absolute atomic E-state index is 0.0567. The largest absolute Gasteiger partial charge is 0.534 e. The Hall–Kier alpha value is -2.47. The highest BCUT2D eigenvalue weighted by Gasteiger charge is 2.48. The summed E-state index contributed by atoms with van der Waals surface area (Å²) in [6.45, 7) is 1.29. The molecule has 2 heterocycles. The van der Waals surface area contributed by atoms with Gasteiger partial charge in [-0.25, -0.2) is 14.8 Å². The highest BCUT2D eigenvalue weighted by Crippen LogP contribution is 2.26. The molecule has 1 aromatic carbocycles. The number of nitrogens with zero attached hydrogens (tertiary/aromatic N) is 3. The van der Waals surface area contributed by atoms with Crippen molar-refractivity contribution >= 4 is 27.1 Å². The van der Waals surface area contributed by atoms with Gasteiger partial charge in [-0.15, -0.1) is 5.06 Å². The van der Waals surface area contributed by atoms with Crippen LogP contribution in [0.5, 0.6) is 5.88 Å². The third kappa shape index (κ3) is 4.68. The zero-order chi connectivity index (χ0) is 20.4. The van der Waals surface area contributed by atoms with Gasteiger partial charge in [-0.05, 0) is 31.0 Å². The molecule has 1 aromatic heterocycles. The molecule has 3 rings (SSSR count). The predicted molar refractivity (Wildman–Crippen MR) is 90.6 cm³/mol. The summed E-state index contributed by atoms with van der Waals surface area (Å²) < 4.78 is 63.1. The first-order chi connectivity index (χ1) is 13.2. The first-order valence-corrected chi connectivity index (χ1v) is 9.81. The van der Waals surface area contributed by atoms with Crippen LogP contribution < -0.4 is 4.18 Å². The Morgan fingerprint density at radius 1 is 1.07 bits per heavy atom. The van der Waals surface area contributed by atoms with E-state index in [9.17, 15) is 26.4 Å². The summed E-state index contributed by atoms with van der Waals surface area (Å²) in [6.07, 6.45) is 4.75. The van der Waals surface area contributed by atoms with Crippen LogP contribution in [-0.4, -0.2) is 48.0 Å². The van der Waals surface area contributed by atoms with Crippen LogP contribution in [0.3, 0.4) is 0 Å². The van der Waals surface area contributed by atoms with Gasteiger partial charge in [0.25, 0.3) is 5.88 Å². The molecule has 0 saturated carbocycles. The molecule has 8 nitrogen and oxygen atoms in total. The quantitative estimate of drug-likeness (QED) is 0.551. The molecular formula is C16H16F3N3O5S. The van der Waals surface area contributed by atoms with Gasteiger partial charge in [0, 0.05) is 13.1 Å². The highest BCUT2D eigenvalue weighted by molar-refractivity contribution is 7.87. The topological polar surface area (TPSA) is 98.7 Å². The highest BCUT2D eigenvalue weighted by atomic mass is 32.2. The van der Waals surface area contributed by atoms with Gasteiger partial charge in [0.05, 0.1) is 22.8 Å². The molecule has 0 atom stereocenters. The number of alkyl halides is 3. The lowest BCUT2D eigenvalue weighted by molar-refractivity contribution is -0.107. The molecule has 1 aliphatic rings. The molecule has 28 heavy (non-hydrogen) atoms. The van der Waals surface area contributed by atoms with Gasteiger partial charge < -0.3 is 9.02 Å². The van der Waals surface area contributed by atoms with Crippen LogP contribution in [0.4, 0.5) is 13.2 Å². The lowest BCUT2D eigenvalue weighted by Crippen LogP contribution is -2.28. The van der Waals surface area contributed by atoms with E-state index in [0.29, 0.717) is 13.1 Å². The Balaban J connectivity index is 1.76. The number of fused-ring (bicyclic) bond motifs is 1. The van der Waals surface area contributed by atoms with Crippen molar-refractivity contribution in [2.45, 2.75) is 31.2 Å². The molecule has 0 spiro atoms. The third-order valence-corrected chi connectivity index (χ3v) is 4.97. The SMILES string of the molecule is O=C(ON1CCCCCC1)c1ccc2nc(OS(=O)(=O)C(F)(F)F)cnc2c1. The average molecular weight is 419 g/mol. The first kappa shape index (κ1) is 20.3. The molecule has 0 aliphatic carbocycles. The van der Waals surface area contributed by atoms with E-state index in [1.54, 1.807) is 5.06 Å². The molecule has 1 aliphatic heterocycles. The van der Waals surface area contributed by atoms with Crippen LogP contribution >= 0.6 is 0 Å². The number of carbonyl (C=O) groups is 1. The molecule has 1 fully saturated rings. The van der Waals surface area contributed by atoms with Crippen LogP contribution in [-0.2, 0) is 15.0 Å². The Morgan fingerprint density at radius 3 is 2.39 bits per heavy atom. The Labute approximate surface area is 158 Å². The number of hydrogen-bond donors (Lipinski definition) is 0. The van der Waals surface area contributed by atoms with Crippen molar-refractivity contribution in [1.82, 2.24) is 15.0 Å². The van der Waals surface area contributed by atoms with Crippen LogP contribution in [0.25, 0.3) is 11.0 Å². The maximum Gasteiger partial charge on any atom is 0.534 e. The molecule has 1 saturated heterocycles. The minimum atomic E-state index is -5.84. The fraction of sp³-hybridized carbons (Fsp3) is 0.438. The fourth-order valence-corrected chi connectivity index (χ4v) is 3.02. The van der Waals surface area contributed by atoms with Crippen molar-refractivity contribution in [1.29, 1.82) is 0 Å². The van der Waals surface area contributed by atoms with Gasteiger partial charge in [0.2, 0.25) is 0 Å². The standard InChI is InChI=1S/C16H16F3N3O5S/c17-16(18,19)28(24,25)27-14-10-20-13-9-11(5-6-12(13)21-14)15(23)26-22-7-3-1-2-4-8-22/h5-6,9-10H,1-4,7-8H2. The number of benzene rings is 1. The van der Waals surface area contributed by atoms with E-state index in [2.05, 4.69) is 14.2 Å². The zero-order valence-corrected chi connectivity index (χ0v) is 15.3. The summed E-state index contributed by atoms with van der Waals surface area (Å²) >= 11 is 0. The molecule has 2 aromatic rings. The molecule has 0 N–H and O–H groups in total.